The Morgan fingerprint density at radius 3 is 2.29 bits per heavy atom. The lowest BCUT2D eigenvalue weighted by Gasteiger charge is -2.17. The molecule has 0 radical (unpaired) electrons. The highest BCUT2D eigenvalue weighted by Gasteiger charge is 2.23. The van der Waals surface area contributed by atoms with Crippen molar-refractivity contribution in [3.8, 4) is 17.2 Å². The molecule has 0 aliphatic carbocycles. The molecule has 176 valence electrons. The van der Waals surface area contributed by atoms with Gasteiger partial charge in [0.15, 0.2) is 17.3 Å². The molecule has 0 saturated carbocycles. The van der Waals surface area contributed by atoms with Gasteiger partial charge >= 0.3 is 5.97 Å². The van der Waals surface area contributed by atoms with E-state index in [1.807, 2.05) is 36.6 Å². The smallest absolute Gasteiger partial charge is 0.330 e. The number of aromatic nitrogens is 1. The zero-order chi connectivity index (χ0) is 24.8. The minimum atomic E-state index is -0.481. The molecule has 3 aromatic rings. The van der Waals surface area contributed by atoms with Crippen molar-refractivity contribution in [2.75, 3.05) is 21.3 Å². The van der Waals surface area contributed by atoms with Gasteiger partial charge in [0.1, 0.15) is 0 Å². The number of carbonyl (C=O) groups excluding carboxylic acids is 2. The van der Waals surface area contributed by atoms with E-state index in [1.54, 1.807) is 42.5 Å². The molecule has 0 amide bonds. The van der Waals surface area contributed by atoms with Gasteiger partial charge in [-0.15, -0.1) is 0 Å². The van der Waals surface area contributed by atoms with Crippen molar-refractivity contribution >= 4 is 35.5 Å². The van der Waals surface area contributed by atoms with Crippen molar-refractivity contribution in [2.24, 2.45) is 0 Å². The lowest BCUT2D eigenvalue weighted by molar-refractivity contribution is -0.134. The monoisotopic (exact) mass is 479 g/mol. The summed E-state index contributed by atoms with van der Waals surface area (Å²) in [4.78, 5) is 25.5. The van der Waals surface area contributed by atoms with Crippen LogP contribution in [0.3, 0.4) is 0 Å². The summed E-state index contributed by atoms with van der Waals surface area (Å²) in [6.07, 6.45) is 4.97. The number of benzene rings is 2. The number of ketones is 1. The van der Waals surface area contributed by atoms with E-state index in [1.165, 1.54) is 27.4 Å². The number of allylic oxidation sites excluding steroid dienone is 1. The second kappa shape index (κ2) is 10.9. The first-order valence-electron chi connectivity index (χ1n) is 10.5. The van der Waals surface area contributed by atoms with E-state index in [4.69, 9.17) is 25.8 Å². The molecule has 1 heterocycles. The minimum absolute atomic E-state index is 0.284. The van der Waals surface area contributed by atoms with Crippen molar-refractivity contribution < 1.29 is 23.8 Å². The predicted molar refractivity (Wildman–Crippen MR) is 134 cm³/mol. The molecule has 34 heavy (non-hydrogen) atoms. The summed E-state index contributed by atoms with van der Waals surface area (Å²) in [7, 11) is 4.32. The fourth-order valence-electron chi connectivity index (χ4n) is 3.60. The van der Waals surface area contributed by atoms with Crippen molar-refractivity contribution in [3.05, 3.63) is 87.7 Å². The number of halogens is 1. The molecule has 6 nitrogen and oxygen atoms in total. The number of nitrogens with zero attached hydrogens (tertiary/aromatic N) is 1. The molecular formula is C27H26ClNO5. The van der Waals surface area contributed by atoms with Crippen molar-refractivity contribution in [1.82, 2.24) is 4.57 Å². The maximum atomic E-state index is 13.8. The Kier molecular flexibility index (Phi) is 7.97. The molecule has 2 aromatic carbocycles. The Labute approximate surface area is 204 Å². The van der Waals surface area contributed by atoms with Crippen LogP contribution in [0.25, 0.3) is 17.8 Å². The standard InChI is InChI=1S/C27H26ClNO5/c1-17(2)15-20-11-10-19(12-14-25(30)33-4)29(20)23-13-9-18(28)16-22(23)26(31)21-7-6-8-24(32-3)27(21)34-5/h6-16H,1-5H3. The van der Waals surface area contributed by atoms with Gasteiger partial charge in [-0.2, -0.15) is 0 Å². The number of ether oxygens (including phenoxy) is 3. The molecule has 3 rings (SSSR count). The second-order valence-corrected chi connectivity index (χ2v) is 8.06. The lowest BCUT2D eigenvalue weighted by atomic mass is 9.99. The van der Waals surface area contributed by atoms with Gasteiger partial charge in [-0.05, 0) is 68.5 Å². The number of esters is 1. The summed E-state index contributed by atoms with van der Waals surface area (Å²) in [5, 5.41) is 0.413. The predicted octanol–water partition coefficient (Wildman–Crippen LogP) is 5.99. The van der Waals surface area contributed by atoms with Gasteiger partial charge in [-0.25, -0.2) is 4.79 Å². The van der Waals surface area contributed by atoms with E-state index in [0.717, 1.165) is 11.3 Å². The van der Waals surface area contributed by atoms with Crippen LogP contribution >= 0.6 is 11.6 Å². The van der Waals surface area contributed by atoms with Crippen LogP contribution in [0.2, 0.25) is 5.02 Å². The Bertz CT molecular complexity index is 1280. The van der Waals surface area contributed by atoms with Crippen LogP contribution in [-0.4, -0.2) is 37.6 Å². The average Bonchev–Trinajstić information content (AvgIpc) is 3.22. The topological polar surface area (TPSA) is 66.8 Å². The highest BCUT2D eigenvalue weighted by Crippen LogP contribution is 2.34. The summed E-state index contributed by atoms with van der Waals surface area (Å²) in [6, 6.07) is 14.0. The second-order valence-electron chi connectivity index (χ2n) is 7.63. The SMILES string of the molecule is COC(=O)C=Cc1ccc(C=C(C)C)n1-c1ccc(Cl)cc1C(=O)c1cccc(OC)c1OC. The van der Waals surface area contributed by atoms with E-state index in [9.17, 15) is 9.59 Å². The molecule has 0 saturated heterocycles. The van der Waals surface area contributed by atoms with Gasteiger partial charge in [0.25, 0.3) is 0 Å². The van der Waals surface area contributed by atoms with Crippen molar-refractivity contribution in [1.29, 1.82) is 0 Å². The summed E-state index contributed by atoms with van der Waals surface area (Å²) < 4.78 is 17.5. The van der Waals surface area contributed by atoms with Gasteiger partial charge in [-0.1, -0.05) is 23.2 Å². The quantitative estimate of drug-likeness (QED) is 0.225. The highest BCUT2D eigenvalue weighted by molar-refractivity contribution is 6.31. The average molecular weight is 480 g/mol. The van der Waals surface area contributed by atoms with E-state index in [0.29, 0.717) is 39.0 Å². The lowest BCUT2D eigenvalue weighted by Crippen LogP contribution is -2.11. The first-order valence-corrected chi connectivity index (χ1v) is 10.9. The van der Waals surface area contributed by atoms with Crippen LogP contribution in [0.5, 0.6) is 11.5 Å². The normalized spacial score (nSPS) is 10.8. The molecule has 1 aromatic heterocycles. The summed E-state index contributed by atoms with van der Waals surface area (Å²) in [6.45, 7) is 3.96. The Balaban J connectivity index is 2.27. The third kappa shape index (κ3) is 5.24. The number of hydrogen-bond acceptors (Lipinski definition) is 5. The van der Waals surface area contributed by atoms with Crippen LogP contribution in [-0.2, 0) is 9.53 Å². The van der Waals surface area contributed by atoms with Gasteiger partial charge in [0.2, 0.25) is 0 Å². The molecule has 0 atom stereocenters. The number of methoxy groups -OCH3 is 3. The van der Waals surface area contributed by atoms with Gasteiger partial charge in [-0.3, -0.25) is 4.79 Å². The number of hydrogen-bond donors (Lipinski definition) is 0. The van der Waals surface area contributed by atoms with Gasteiger partial charge < -0.3 is 18.8 Å². The van der Waals surface area contributed by atoms with Gasteiger partial charge in [0, 0.05) is 28.0 Å². The van der Waals surface area contributed by atoms with Crippen molar-refractivity contribution in [3.63, 3.8) is 0 Å². The molecule has 0 fully saturated rings. The largest absolute Gasteiger partial charge is 0.493 e. The molecule has 0 N–H and O–H groups in total. The summed E-state index contributed by atoms with van der Waals surface area (Å²) in [5.41, 5.74) is 3.89. The maximum absolute atomic E-state index is 13.8. The first-order chi connectivity index (χ1) is 16.3. The van der Waals surface area contributed by atoms with Crippen LogP contribution < -0.4 is 9.47 Å². The van der Waals surface area contributed by atoms with Crippen molar-refractivity contribution in [2.45, 2.75) is 13.8 Å². The molecule has 0 bridgehead atoms. The fraction of sp³-hybridized carbons (Fsp3) is 0.185. The van der Waals surface area contributed by atoms with E-state index < -0.39 is 5.97 Å². The number of para-hydroxylation sites is 1. The zero-order valence-corrected chi connectivity index (χ0v) is 20.5. The molecule has 0 aliphatic rings. The Hall–Kier alpha value is -3.77. The maximum Gasteiger partial charge on any atom is 0.330 e. The van der Waals surface area contributed by atoms with Crippen LogP contribution in [0.15, 0.2) is 60.2 Å². The number of carbonyl (C=O) groups is 2. The summed E-state index contributed by atoms with van der Waals surface area (Å²) >= 11 is 6.32. The van der Waals surface area contributed by atoms with Gasteiger partial charge in [0.05, 0.1) is 32.6 Å². The molecule has 7 heteroatoms. The molecule has 0 unspecified atom stereocenters. The zero-order valence-electron chi connectivity index (χ0n) is 19.7. The van der Waals surface area contributed by atoms with Crippen LogP contribution in [0, 0.1) is 0 Å². The third-order valence-corrected chi connectivity index (χ3v) is 5.30. The van der Waals surface area contributed by atoms with E-state index >= 15 is 0 Å². The first kappa shape index (κ1) is 24.9. The van der Waals surface area contributed by atoms with E-state index in [2.05, 4.69) is 0 Å². The Morgan fingerprint density at radius 2 is 1.65 bits per heavy atom. The molecule has 0 aliphatic heterocycles. The molecule has 0 spiro atoms. The van der Waals surface area contributed by atoms with E-state index in [-0.39, 0.29) is 5.78 Å². The minimum Gasteiger partial charge on any atom is -0.493 e. The fourth-order valence-corrected chi connectivity index (χ4v) is 3.78. The Morgan fingerprint density at radius 1 is 0.912 bits per heavy atom. The molecular weight excluding hydrogens is 454 g/mol. The van der Waals surface area contributed by atoms with Crippen LogP contribution in [0.4, 0.5) is 0 Å². The highest BCUT2D eigenvalue weighted by atomic mass is 35.5. The van der Waals surface area contributed by atoms with Crippen LogP contribution in [0.1, 0.15) is 41.2 Å². The number of rotatable bonds is 8. The third-order valence-electron chi connectivity index (χ3n) is 5.06. The summed E-state index contributed by atoms with van der Waals surface area (Å²) in [5.74, 6) is 0.0200.